The van der Waals surface area contributed by atoms with E-state index in [1.807, 2.05) is 0 Å². The topological polar surface area (TPSA) is 26.3 Å². The van der Waals surface area contributed by atoms with Gasteiger partial charge in [-0.2, -0.15) is 0 Å². The van der Waals surface area contributed by atoms with Crippen molar-refractivity contribution in [3.8, 4) is 0 Å². The minimum absolute atomic E-state index is 0.389. The predicted molar refractivity (Wildman–Crippen MR) is 59.8 cm³/mol. The van der Waals surface area contributed by atoms with Crippen molar-refractivity contribution in [2.24, 2.45) is 5.92 Å². The van der Waals surface area contributed by atoms with Crippen LogP contribution < -0.4 is 0 Å². The zero-order valence-electron chi connectivity index (χ0n) is 9.54. The fraction of sp³-hybridized carbons (Fsp3) is 0.923. The lowest BCUT2D eigenvalue weighted by Crippen LogP contribution is -2.19. The largest absolute Gasteiger partial charge is 0.378 e. The van der Waals surface area contributed by atoms with Gasteiger partial charge < -0.3 is 4.74 Å². The van der Waals surface area contributed by atoms with Gasteiger partial charge in [0.25, 0.3) is 0 Å². The highest BCUT2D eigenvalue weighted by Gasteiger charge is 2.22. The molecule has 0 amide bonds. The third-order valence-electron chi connectivity index (χ3n) is 3.78. The maximum Gasteiger partial charge on any atom is 0.135 e. The van der Waals surface area contributed by atoms with Crippen LogP contribution in [-0.2, 0) is 9.53 Å². The summed E-state index contributed by atoms with van der Waals surface area (Å²) in [6, 6.07) is 0. The summed E-state index contributed by atoms with van der Waals surface area (Å²) in [7, 11) is 0. The van der Waals surface area contributed by atoms with Crippen LogP contribution in [0.5, 0.6) is 0 Å². The van der Waals surface area contributed by atoms with Gasteiger partial charge in [0.1, 0.15) is 5.78 Å². The van der Waals surface area contributed by atoms with E-state index in [2.05, 4.69) is 0 Å². The molecule has 86 valence electrons. The molecule has 0 aromatic carbocycles. The maximum absolute atomic E-state index is 11.6. The lowest BCUT2D eigenvalue weighted by molar-refractivity contribution is -0.124. The Morgan fingerprint density at radius 3 is 2.80 bits per heavy atom. The first-order valence-electron chi connectivity index (χ1n) is 6.50. The number of Topliss-reactive ketones (excluding diaryl/α,β-unsaturated/α-hetero) is 1. The molecule has 1 saturated heterocycles. The number of hydrogen-bond donors (Lipinski definition) is 0. The Kier molecular flexibility index (Phi) is 4.18. The Balaban J connectivity index is 1.61. The van der Waals surface area contributed by atoms with E-state index in [4.69, 9.17) is 4.74 Å². The first-order chi connectivity index (χ1) is 7.36. The third-order valence-corrected chi connectivity index (χ3v) is 3.78. The summed E-state index contributed by atoms with van der Waals surface area (Å²) in [6.07, 6.45) is 10.8. The molecule has 0 radical (unpaired) electrons. The first-order valence-corrected chi connectivity index (χ1v) is 6.50. The zero-order valence-corrected chi connectivity index (χ0v) is 9.54. The molecule has 1 saturated carbocycles. The highest BCUT2D eigenvalue weighted by molar-refractivity contribution is 5.81. The number of rotatable bonds is 4. The van der Waals surface area contributed by atoms with Crippen molar-refractivity contribution in [2.75, 3.05) is 6.61 Å². The Morgan fingerprint density at radius 2 is 2.07 bits per heavy atom. The molecule has 2 heteroatoms. The van der Waals surface area contributed by atoms with E-state index in [0.29, 0.717) is 17.8 Å². The second-order valence-electron chi connectivity index (χ2n) is 4.97. The molecular formula is C13H22O2. The molecule has 0 N–H and O–H groups in total. The molecule has 2 unspecified atom stereocenters. The quantitative estimate of drug-likeness (QED) is 0.712. The van der Waals surface area contributed by atoms with E-state index in [-0.39, 0.29) is 0 Å². The average Bonchev–Trinajstić information content (AvgIpc) is 2.74. The van der Waals surface area contributed by atoms with Crippen LogP contribution in [0.4, 0.5) is 0 Å². The van der Waals surface area contributed by atoms with Crippen LogP contribution >= 0.6 is 0 Å². The standard InChI is InChI=1S/C13H22O2/c14-13-9-2-1-5-11(13)6-3-7-12-8-4-10-15-12/h11-12H,1-10H2. The van der Waals surface area contributed by atoms with Crippen LogP contribution in [0.25, 0.3) is 0 Å². The summed E-state index contributed by atoms with van der Waals surface area (Å²) < 4.78 is 5.58. The average molecular weight is 210 g/mol. The van der Waals surface area contributed by atoms with Gasteiger partial charge in [-0.3, -0.25) is 4.79 Å². The van der Waals surface area contributed by atoms with E-state index >= 15 is 0 Å². The molecule has 2 atom stereocenters. The number of carbonyl (C=O) groups is 1. The Labute approximate surface area is 92.4 Å². The molecule has 2 fully saturated rings. The predicted octanol–water partition coefficient (Wildman–Crippen LogP) is 3.10. The second-order valence-corrected chi connectivity index (χ2v) is 4.97. The van der Waals surface area contributed by atoms with Crippen LogP contribution in [0.2, 0.25) is 0 Å². The molecule has 0 spiro atoms. The highest BCUT2D eigenvalue weighted by atomic mass is 16.5. The summed E-state index contributed by atoms with van der Waals surface area (Å²) in [5, 5.41) is 0. The van der Waals surface area contributed by atoms with E-state index in [1.165, 1.54) is 32.1 Å². The molecule has 1 heterocycles. The summed E-state index contributed by atoms with van der Waals surface area (Å²) in [5.41, 5.74) is 0. The fourth-order valence-corrected chi connectivity index (χ4v) is 2.82. The van der Waals surface area contributed by atoms with Crippen LogP contribution in [0.3, 0.4) is 0 Å². The lowest BCUT2D eigenvalue weighted by atomic mass is 9.84. The molecule has 0 bridgehead atoms. The third kappa shape index (κ3) is 3.30. The Bertz CT molecular complexity index is 207. The monoisotopic (exact) mass is 210 g/mol. The van der Waals surface area contributed by atoms with Crippen molar-refractivity contribution in [3.63, 3.8) is 0 Å². The van der Waals surface area contributed by atoms with E-state index in [0.717, 1.165) is 32.3 Å². The Morgan fingerprint density at radius 1 is 1.13 bits per heavy atom. The van der Waals surface area contributed by atoms with E-state index in [1.54, 1.807) is 0 Å². The van der Waals surface area contributed by atoms with Gasteiger partial charge in [0, 0.05) is 18.9 Å². The molecular weight excluding hydrogens is 188 g/mol. The summed E-state index contributed by atoms with van der Waals surface area (Å²) in [5.74, 6) is 0.911. The lowest BCUT2D eigenvalue weighted by Gasteiger charge is -2.20. The number of hydrogen-bond acceptors (Lipinski definition) is 2. The minimum atomic E-state index is 0.389. The molecule has 2 nitrogen and oxygen atoms in total. The summed E-state index contributed by atoms with van der Waals surface area (Å²) in [4.78, 5) is 11.6. The summed E-state index contributed by atoms with van der Waals surface area (Å²) >= 11 is 0. The van der Waals surface area contributed by atoms with Crippen LogP contribution in [0.1, 0.15) is 57.8 Å². The van der Waals surface area contributed by atoms with E-state index in [9.17, 15) is 4.79 Å². The molecule has 0 aromatic rings. The van der Waals surface area contributed by atoms with Crippen molar-refractivity contribution >= 4 is 5.78 Å². The molecule has 1 aliphatic carbocycles. The first kappa shape index (κ1) is 11.1. The van der Waals surface area contributed by atoms with Crippen molar-refractivity contribution in [1.82, 2.24) is 0 Å². The van der Waals surface area contributed by atoms with Gasteiger partial charge in [0.05, 0.1) is 6.10 Å². The second kappa shape index (κ2) is 5.64. The van der Waals surface area contributed by atoms with Crippen LogP contribution in [0, 0.1) is 5.92 Å². The van der Waals surface area contributed by atoms with Gasteiger partial charge in [-0.05, 0) is 38.5 Å². The molecule has 2 rings (SSSR count). The Hall–Kier alpha value is -0.370. The van der Waals surface area contributed by atoms with Gasteiger partial charge in [-0.25, -0.2) is 0 Å². The van der Waals surface area contributed by atoms with Crippen molar-refractivity contribution in [1.29, 1.82) is 0 Å². The van der Waals surface area contributed by atoms with Gasteiger partial charge >= 0.3 is 0 Å². The van der Waals surface area contributed by atoms with Crippen LogP contribution in [-0.4, -0.2) is 18.5 Å². The zero-order chi connectivity index (χ0) is 10.5. The van der Waals surface area contributed by atoms with Crippen molar-refractivity contribution in [3.05, 3.63) is 0 Å². The smallest absolute Gasteiger partial charge is 0.135 e. The SMILES string of the molecule is O=C1CCCCC1CCCC1CCCO1. The van der Waals surface area contributed by atoms with Crippen molar-refractivity contribution < 1.29 is 9.53 Å². The van der Waals surface area contributed by atoms with Crippen molar-refractivity contribution in [2.45, 2.75) is 63.9 Å². The van der Waals surface area contributed by atoms with Gasteiger partial charge in [-0.15, -0.1) is 0 Å². The normalized spacial score (nSPS) is 32.1. The fourth-order valence-electron chi connectivity index (χ4n) is 2.82. The van der Waals surface area contributed by atoms with Gasteiger partial charge in [0.15, 0.2) is 0 Å². The number of ketones is 1. The highest BCUT2D eigenvalue weighted by Crippen LogP contribution is 2.26. The number of ether oxygens (including phenoxy) is 1. The van der Waals surface area contributed by atoms with Gasteiger partial charge in [0.2, 0.25) is 0 Å². The molecule has 15 heavy (non-hydrogen) atoms. The maximum atomic E-state index is 11.6. The van der Waals surface area contributed by atoms with Gasteiger partial charge in [-0.1, -0.05) is 12.8 Å². The number of carbonyl (C=O) groups excluding carboxylic acids is 1. The minimum Gasteiger partial charge on any atom is -0.378 e. The molecule has 0 aromatic heterocycles. The van der Waals surface area contributed by atoms with E-state index < -0.39 is 0 Å². The summed E-state index contributed by atoms with van der Waals surface area (Å²) in [6.45, 7) is 0.951. The molecule has 2 aliphatic rings. The molecule has 1 aliphatic heterocycles. The van der Waals surface area contributed by atoms with Crippen LogP contribution in [0.15, 0.2) is 0 Å².